The minimum absolute atomic E-state index is 0. The smallest absolute Gasteiger partial charge is 0.379 e. The summed E-state index contributed by atoms with van der Waals surface area (Å²) in [5.74, 6) is -8.61. The molecule has 0 aliphatic carbocycles. The summed E-state index contributed by atoms with van der Waals surface area (Å²) in [6.45, 7) is 1.03. The number of carbonyl (C=O) groups is 1. The maximum absolute atomic E-state index is 13.5. The molecule has 19 heavy (non-hydrogen) atoms. The zero-order valence-corrected chi connectivity index (χ0v) is 10.6. The van der Waals surface area contributed by atoms with Crippen molar-refractivity contribution < 1.29 is 27.1 Å². The van der Waals surface area contributed by atoms with Gasteiger partial charge >= 0.3 is 11.9 Å². The van der Waals surface area contributed by atoms with E-state index in [1.54, 1.807) is 0 Å². The van der Waals surface area contributed by atoms with Gasteiger partial charge in [0.05, 0.1) is 6.61 Å². The van der Waals surface area contributed by atoms with E-state index in [0.717, 1.165) is 18.2 Å². The number of nitrogens with two attached hydrogens (primary N) is 1. The highest BCUT2D eigenvalue weighted by Crippen LogP contribution is 2.33. The van der Waals surface area contributed by atoms with Crippen LogP contribution in [0.15, 0.2) is 18.2 Å². The molecule has 0 amide bonds. The summed E-state index contributed by atoms with van der Waals surface area (Å²) in [6.07, 6.45) is 0. The third-order valence-corrected chi connectivity index (χ3v) is 2.25. The van der Waals surface area contributed by atoms with Crippen molar-refractivity contribution in [1.29, 1.82) is 0 Å². The molecule has 0 saturated heterocycles. The summed E-state index contributed by atoms with van der Waals surface area (Å²) in [5, 5.41) is 0. The van der Waals surface area contributed by atoms with Gasteiger partial charge in [-0.3, -0.25) is 0 Å². The van der Waals surface area contributed by atoms with E-state index in [1.807, 2.05) is 0 Å². The van der Waals surface area contributed by atoms with Gasteiger partial charge in [0.2, 0.25) is 0 Å². The molecule has 8 heteroatoms. The van der Waals surface area contributed by atoms with Gasteiger partial charge in [0.15, 0.2) is 0 Å². The van der Waals surface area contributed by atoms with Crippen molar-refractivity contribution in [2.75, 3.05) is 6.61 Å². The SMILES string of the molecule is CCOC(=O)C(F)(F)[C@H](N)c1c(F)cccc1F.Cl. The Hall–Kier alpha value is -1.34. The summed E-state index contributed by atoms with van der Waals surface area (Å²) in [6, 6.07) is 0.111. The fourth-order valence-electron chi connectivity index (χ4n) is 1.34. The molecule has 0 radical (unpaired) electrons. The van der Waals surface area contributed by atoms with Crippen molar-refractivity contribution in [3.8, 4) is 0 Å². The Kier molecular flexibility index (Phi) is 6.24. The molecule has 108 valence electrons. The second-order valence-corrected chi connectivity index (χ2v) is 3.46. The normalized spacial score (nSPS) is 12.5. The topological polar surface area (TPSA) is 52.3 Å². The fraction of sp³-hybridized carbons (Fsp3) is 0.364. The first kappa shape index (κ1) is 17.7. The van der Waals surface area contributed by atoms with Gasteiger partial charge in [0, 0.05) is 5.56 Å². The Bertz CT molecular complexity index is 436. The summed E-state index contributed by atoms with van der Waals surface area (Å²) < 4.78 is 57.7. The van der Waals surface area contributed by atoms with Crippen LogP contribution in [-0.4, -0.2) is 18.5 Å². The summed E-state index contributed by atoms with van der Waals surface area (Å²) in [5.41, 5.74) is 4.03. The van der Waals surface area contributed by atoms with Crippen LogP contribution >= 0.6 is 12.4 Å². The molecule has 0 bridgehead atoms. The van der Waals surface area contributed by atoms with Gasteiger partial charge in [-0.1, -0.05) is 6.07 Å². The molecular weight excluding hydrogens is 290 g/mol. The Balaban J connectivity index is 0.00000324. The van der Waals surface area contributed by atoms with Crippen LogP contribution in [-0.2, 0) is 9.53 Å². The van der Waals surface area contributed by atoms with Gasteiger partial charge in [0.25, 0.3) is 0 Å². The van der Waals surface area contributed by atoms with Gasteiger partial charge in [-0.15, -0.1) is 12.4 Å². The zero-order chi connectivity index (χ0) is 13.9. The van der Waals surface area contributed by atoms with E-state index in [0.29, 0.717) is 0 Å². The second-order valence-electron chi connectivity index (χ2n) is 3.46. The molecule has 1 atom stereocenters. The average molecular weight is 302 g/mol. The molecule has 1 aromatic rings. The lowest BCUT2D eigenvalue weighted by Crippen LogP contribution is -2.42. The van der Waals surface area contributed by atoms with E-state index in [4.69, 9.17) is 5.73 Å². The molecular formula is C11H12ClF4NO2. The van der Waals surface area contributed by atoms with Gasteiger partial charge in [0.1, 0.15) is 17.7 Å². The number of carbonyl (C=O) groups excluding carboxylic acids is 1. The Morgan fingerprint density at radius 3 is 2.26 bits per heavy atom. The molecule has 0 aliphatic rings. The number of hydrogen-bond donors (Lipinski definition) is 1. The maximum Gasteiger partial charge on any atom is 0.379 e. The molecule has 0 heterocycles. The first-order valence-electron chi connectivity index (χ1n) is 5.06. The third-order valence-electron chi connectivity index (χ3n) is 2.25. The van der Waals surface area contributed by atoms with Gasteiger partial charge < -0.3 is 10.5 Å². The molecule has 2 N–H and O–H groups in total. The molecule has 0 unspecified atom stereocenters. The predicted molar refractivity (Wildman–Crippen MR) is 62.1 cm³/mol. The van der Waals surface area contributed by atoms with Crippen molar-refractivity contribution in [1.82, 2.24) is 0 Å². The van der Waals surface area contributed by atoms with Gasteiger partial charge in [-0.2, -0.15) is 8.78 Å². The van der Waals surface area contributed by atoms with Crippen molar-refractivity contribution in [3.05, 3.63) is 35.4 Å². The predicted octanol–water partition coefficient (Wildman–Crippen LogP) is 2.58. The standard InChI is InChI=1S/C11H11F4NO2.ClH/c1-2-18-10(17)11(14,15)9(16)8-6(12)4-3-5-7(8)13;/h3-5,9H,2,16H2,1H3;1H/t9-;/m1./s1. The van der Waals surface area contributed by atoms with Crippen molar-refractivity contribution >= 4 is 18.4 Å². The Labute approximate surface area is 113 Å². The van der Waals surface area contributed by atoms with Crippen LogP contribution < -0.4 is 5.73 Å². The minimum Gasteiger partial charge on any atom is -0.462 e. The molecule has 0 aliphatic heterocycles. The van der Waals surface area contributed by atoms with Crippen LogP contribution in [0.5, 0.6) is 0 Å². The average Bonchev–Trinajstić information content (AvgIpc) is 2.28. The summed E-state index contributed by atoms with van der Waals surface area (Å²) >= 11 is 0. The van der Waals surface area contributed by atoms with Crippen LogP contribution in [0.3, 0.4) is 0 Å². The highest BCUT2D eigenvalue weighted by Gasteiger charge is 2.49. The minimum atomic E-state index is -4.21. The van der Waals surface area contributed by atoms with Crippen LogP contribution in [0.2, 0.25) is 0 Å². The van der Waals surface area contributed by atoms with E-state index in [1.165, 1.54) is 6.92 Å². The number of esters is 1. The molecule has 3 nitrogen and oxygen atoms in total. The molecule has 0 saturated carbocycles. The van der Waals surface area contributed by atoms with E-state index in [9.17, 15) is 22.4 Å². The zero-order valence-electron chi connectivity index (χ0n) is 9.83. The van der Waals surface area contributed by atoms with E-state index in [2.05, 4.69) is 4.74 Å². The Morgan fingerprint density at radius 2 is 1.84 bits per heavy atom. The van der Waals surface area contributed by atoms with Gasteiger partial charge in [-0.25, -0.2) is 13.6 Å². The van der Waals surface area contributed by atoms with Crippen molar-refractivity contribution in [3.63, 3.8) is 0 Å². The first-order valence-corrected chi connectivity index (χ1v) is 5.06. The van der Waals surface area contributed by atoms with Crippen LogP contribution in [0, 0.1) is 11.6 Å². The number of halogens is 5. The van der Waals surface area contributed by atoms with Crippen molar-refractivity contribution in [2.45, 2.75) is 18.9 Å². The number of hydrogen-bond acceptors (Lipinski definition) is 3. The maximum atomic E-state index is 13.5. The highest BCUT2D eigenvalue weighted by molar-refractivity contribution is 5.85. The largest absolute Gasteiger partial charge is 0.462 e. The van der Waals surface area contributed by atoms with Gasteiger partial charge in [-0.05, 0) is 19.1 Å². The Morgan fingerprint density at radius 1 is 1.37 bits per heavy atom. The summed E-state index contributed by atoms with van der Waals surface area (Å²) in [7, 11) is 0. The lowest BCUT2D eigenvalue weighted by atomic mass is 10.0. The molecule has 1 rings (SSSR count). The monoisotopic (exact) mass is 301 g/mol. The van der Waals surface area contributed by atoms with Crippen LogP contribution in [0.25, 0.3) is 0 Å². The van der Waals surface area contributed by atoms with Crippen LogP contribution in [0.1, 0.15) is 18.5 Å². The first-order chi connectivity index (χ1) is 8.32. The second kappa shape index (κ2) is 6.72. The number of ether oxygens (including phenoxy) is 1. The van der Waals surface area contributed by atoms with Crippen LogP contribution in [0.4, 0.5) is 17.6 Å². The molecule has 0 aromatic heterocycles. The quantitative estimate of drug-likeness (QED) is 0.687. The molecule has 1 aromatic carbocycles. The molecule has 0 spiro atoms. The van der Waals surface area contributed by atoms with E-state index < -0.39 is 35.1 Å². The van der Waals surface area contributed by atoms with E-state index >= 15 is 0 Å². The lowest BCUT2D eigenvalue weighted by Gasteiger charge is -2.22. The number of rotatable bonds is 4. The summed E-state index contributed by atoms with van der Waals surface area (Å²) in [4.78, 5) is 11.0. The third kappa shape index (κ3) is 3.57. The van der Waals surface area contributed by atoms with Crippen molar-refractivity contribution in [2.24, 2.45) is 5.73 Å². The number of alkyl halides is 2. The lowest BCUT2D eigenvalue weighted by molar-refractivity contribution is -0.175. The van der Waals surface area contributed by atoms with E-state index in [-0.39, 0.29) is 19.0 Å². The molecule has 0 fully saturated rings. The number of benzene rings is 1. The fourth-order valence-corrected chi connectivity index (χ4v) is 1.34. The highest BCUT2D eigenvalue weighted by atomic mass is 35.5.